The van der Waals surface area contributed by atoms with Gasteiger partial charge in [-0.3, -0.25) is 9.89 Å². The van der Waals surface area contributed by atoms with E-state index < -0.39 is 30.2 Å². The van der Waals surface area contributed by atoms with E-state index in [0.717, 1.165) is 4.52 Å². The van der Waals surface area contributed by atoms with Crippen molar-refractivity contribution < 1.29 is 22.7 Å². The van der Waals surface area contributed by atoms with Gasteiger partial charge >= 0.3 is 12.1 Å². The van der Waals surface area contributed by atoms with Crippen LogP contribution >= 0.6 is 0 Å². The molecule has 31 heavy (non-hydrogen) atoms. The minimum atomic E-state index is -4.59. The highest BCUT2D eigenvalue weighted by molar-refractivity contribution is 5.88. The largest absolute Gasteiger partial charge is 0.460 e. The van der Waals surface area contributed by atoms with Gasteiger partial charge in [0.05, 0.1) is 5.69 Å². The number of rotatable bonds is 5. The molecule has 0 saturated heterocycles. The number of esters is 1. The first-order chi connectivity index (χ1) is 14.8. The number of hydrogen-bond donors (Lipinski definition) is 1. The summed E-state index contributed by atoms with van der Waals surface area (Å²) in [6, 6.07) is 18.7. The molecule has 0 aliphatic carbocycles. The number of aromatic nitrogens is 3. The van der Waals surface area contributed by atoms with E-state index in [1.807, 2.05) is 6.07 Å². The minimum Gasteiger partial charge on any atom is -0.460 e. The summed E-state index contributed by atoms with van der Waals surface area (Å²) in [6.07, 6.45) is -4.59. The number of halogens is 3. The second kappa shape index (κ2) is 8.10. The number of fused-ring (bicyclic) bond motifs is 1. The molecule has 0 bridgehead atoms. The van der Waals surface area contributed by atoms with Gasteiger partial charge in [-0.2, -0.15) is 13.2 Å². The van der Waals surface area contributed by atoms with Crippen LogP contribution in [0.3, 0.4) is 0 Å². The standard InChI is InChI=1S/C22H16F3N3O3/c23-22(24,25)16(14-7-3-1-4-8-14)13-31-21(30)18-11-19-26-17(12-20(29)28(19)27-18)15-9-5-2-6-10-15/h1-12,16,27H,13H2. The summed E-state index contributed by atoms with van der Waals surface area (Å²) < 4.78 is 46.2. The maximum absolute atomic E-state index is 13.4. The third kappa shape index (κ3) is 4.35. The highest BCUT2D eigenvalue weighted by Gasteiger charge is 2.41. The Kier molecular flexibility index (Phi) is 5.33. The monoisotopic (exact) mass is 427 g/mol. The molecule has 0 aliphatic heterocycles. The Morgan fingerprint density at radius 2 is 1.68 bits per heavy atom. The third-order valence-corrected chi connectivity index (χ3v) is 4.72. The van der Waals surface area contributed by atoms with Crippen molar-refractivity contribution in [1.82, 2.24) is 14.6 Å². The first-order valence-electron chi connectivity index (χ1n) is 9.30. The summed E-state index contributed by atoms with van der Waals surface area (Å²) in [6.45, 7) is -0.890. The molecule has 2 aromatic carbocycles. The van der Waals surface area contributed by atoms with Gasteiger partial charge in [0.2, 0.25) is 0 Å². The van der Waals surface area contributed by atoms with Crippen molar-refractivity contribution in [2.75, 3.05) is 6.61 Å². The normalized spacial score (nSPS) is 12.6. The van der Waals surface area contributed by atoms with Gasteiger partial charge in [-0.1, -0.05) is 60.7 Å². The zero-order valence-corrected chi connectivity index (χ0v) is 16.0. The van der Waals surface area contributed by atoms with Crippen molar-refractivity contribution in [3.8, 4) is 11.3 Å². The van der Waals surface area contributed by atoms with Gasteiger partial charge in [-0.05, 0) is 5.56 Å². The van der Waals surface area contributed by atoms with Crippen molar-refractivity contribution in [2.24, 2.45) is 0 Å². The number of hydrogen-bond acceptors (Lipinski definition) is 4. The van der Waals surface area contributed by atoms with Crippen LogP contribution in [0.2, 0.25) is 0 Å². The number of nitrogens with zero attached hydrogens (tertiary/aromatic N) is 2. The lowest BCUT2D eigenvalue weighted by Crippen LogP contribution is -2.27. The highest BCUT2D eigenvalue weighted by atomic mass is 19.4. The Hall–Kier alpha value is -3.88. The van der Waals surface area contributed by atoms with E-state index in [2.05, 4.69) is 10.1 Å². The van der Waals surface area contributed by atoms with E-state index in [1.54, 1.807) is 30.3 Å². The molecule has 0 fully saturated rings. The number of alkyl halides is 3. The molecule has 1 N–H and O–H groups in total. The quantitative estimate of drug-likeness (QED) is 0.485. The van der Waals surface area contributed by atoms with Gasteiger partial charge in [-0.25, -0.2) is 14.3 Å². The van der Waals surface area contributed by atoms with Gasteiger partial charge in [0.1, 0.15) is 18.2 Å². The Balaban J connectivity index is 1.58. The lowest BCUT2D eigenvalue weighted by Gasteiger charge is -2.20. The molecular weight excluding hydrogens is 411 g/mol. The maximum Gasteiger partial charge on any atom is 0.399 e. The predicted molar refractivity (Wildman–Crippen MR) is 107 cm³/mol. The van der Waals surface area contributed by atoms with Gasteiger partial charge in [0.25, 0.3) is 5.56 Å². The van der Waals surface area contributed by atoms with Crippen LogP contribution in [0.4, 0.5) is 13.2 Å². The van der Waals surface area contributed by atoms with E-state index in [4.69, 9.17) is 4.74 Å². The van der Waals surface area contributed by atoms with Gasteiger partial charge < -0.3 is 4.74 Å². The lowest BCUT2D eigenvalue weighted by atomic mass is 10.00. The SMILES string of the molecule is O=C(OCC(c1ccccc1)C(F)(F)F)c1cc2nc(-c3ccccc3)cc(=O)n2[nH]1. The zero-order valence-electron chi connectivity index (χ0n) is 16.0. The molecule has 0 saturated carbocycles. The fourth-order valence-electron chi connectivity index (χ4n) is 3.15. The highest BCUT2D eigenvalue weighted by Crippen LogP contribution is 2.35. The van der Waals surface area contributed by atoms with Crippen LogP contribution in [0.1, 0.15) is 22.0 Å². The molecule has 2 heterocycles. The maximum atomic E-state index is 13.4. The average Bonchev–Trinajstić information content (AvgIpc) is 3.19. The Bertz CT molecular complexity index is 1270. The van der Waals surface area contributed by atoms with Gasteiger partial charge in [-0.15, -0.1) is 0 Å². The molecule has 0 radical (unpaired) electrons. The second-order valence-electron chi connectivity index (χ2n) is 6.81. The molecular formula is C22H16F3N3O3. The number of carbonyl (C=O) groups excluding carboxylic acids is 1. The van der Waals surface area contributed by atoms with Crippen LogP contribution in [-0.2, 0) is 4.74 Å². The molecule has 9 heteroatoms. The fraction of sp³-hybridized carbons (Fsp3) is 0.136. The lowest BCUT2D eigenvalue weighted by molar-refractivity contribution is -0.158. The van der Waals surface area contributed by atoms with E-state index in [1.165, 1.54) is 36.4 Å². The zero-order chi connectivity index (χ0) is 22.0. The van der Waals surface area contributed by atoms with Crippen LogP contribution in [0.15, 0.2) is 77.6 Å². The number of ether oxygens (including phenoxy) is 1. The van der Waals surface area contributed by atoms with E-state index in [9.17, 15) is 22.8 Å². The Morgan fingerprint density at radius 1 is 1.03 bits per heavy atom. The molecule has 2 aromatic heterocycles. The minimum absolute atomic E-state index is 0.00941. The Morgan fingerprint density at radius 3 is 2.32 bits per heavy atom. The number of H-pyrrole nitrogens is 1. The predicted octanol–water partition coefficient (Wildman–Crippen LogP) is 4.19. The van der Waals surface area contributed by atoms with Crippen molar-refractivity contribution >= 4 is 11.6 Å². The molecule has 1 unspecified atom stereocenters. The summed E-state index contributed by atoms with van der Waals surface area (Å²) in [4.78, 5) is 29.1. The molecule has 4 rings (SSSR count). The third-order valence-electron chi connectivity index (χ3n) is 4.72. The fourth-order valence-corrected chi connectivity index (χ4v) is 3.15. The summed E-state index contributed by atoms with van der Waals surface area (Å²) >= 11 is 0. The van der Waals surface area contributed by atoms with Gasteiger partial charge in [0, 0.05) is 17.7 Å². The molecule has 1 atom stereocenters. The van der Waals surface area contributed by atoms with Crippen molar-refractivity contribution in [1.29, 1.82) is 0 Å². The van der Waals surface area contributed by atoms with Crippen LogP contribution in [0.5, 0.6) is 0 Å². The van der Waals surface area contributed by atoms with Crippen LogP contribution in [0, 0.1) is 0 Å². The Labute approximate surface area is 173 Å². The van der Waals surface area contributed by atoms with Crippen LogP contribution in [-0.4, -0.2) is 33.4 Å². The van der Waals surface area contributed by atoms with Crippen molar-refractivity contribution in [3.63, 3.8) is 0 Å². The van der Waals surface area contributed by atoms with E-state index >= 15 is 0 Å². The number of aromatic amines is 1. The number of benzene rings is 2. The average molecular weight is 427 g/mol. The second-order valence-corrected chi connectivity index (χ2v) is 6.81. The van der Waals surface area contributed by atoms with Gasteiger partial charge in [0.15, 0.2) is 5.65 Å². The van der Waals surface area contributed by atoms with E-state index in [0.29, 0.717) is 11.3 Å². The molecule has 0 aliphatic rings. The van der Waals surface area contributed by atoms with Crippen molar-refractivity contribution in [2.45, 2.75) is 12.1 Å². The van der Waals surface area contributed by atoms with Crippen LogP contribution in [0.25, 0.3) is 16.9 Å². The summed E-state index contributed by atoms with van der Waals surface area (Å²) in [5.74, 6) is -2.98. The van der Waals surface area contributed by atoms with E-state index in [-0.39, 0.29) is 16.9 Å². The summed E-state index contributed by atoms with van der Waals surface area (Å²) in [5.41, 5.74) is 0.608. The first kappa shape index (κ1) is 20.4. The molecule has 158 valence electrons. The first-order valence-corrected chi connectivity index (χ1v) is 9.30. The summed E-state index contributed by atoms with van der Waals surface area (Å²) in [7, 11) is 0. The molecule has 0 spiro atoms. The number of nitrogens with one attached hydrogen (secondary N) is 1. The molecule has 0 amide bonds. The number of carbonyl (C=O) groups is 1. The topological polar surface area (TPSA) is 76.5 Å². The smallest absolute Gasteiger partial charge is 0.399 e. The van der Waals surface area contributed by atoms with Crippen molar-refractivity contribution in [3.05, 3.63) is 94.4 Å². The molecule has 4 aromatic rings. The molecule has 6 nitrogen and oxygen atoms in total. The summed E-state index contributed by atoms with van der Waals surface area (Å²) in [5, 5.41) is 2.53. The van der Waals surface area contributed by atoms with Crippen LogP contribution < -0.4 is 5.56 Å².